The highest BCUT2D eigenvalue weighted by molar-refractivity contribution is 5.79. The van der Waals surface area contributed by atoms with Crippen LogP contribution in [0.15, 0.2) is 25.0 Å². The summed E-state index contributed by atoms with van der Waals surface area (Å²) in [7, 11) is 1.90. The van der Waals surface area contributed by atoms with Gasteiger partial charge in [-0.05, 0) is 6.92 Å². The van der Waals surface area contributed by atoms with Crippen molar-refractivity contribution in [3.05, 3.63) is 36.6 Å². The minimum Gasteiger partial charge on any atom is -0.342 e. The van der Waals surface area contributed by atoms with Gasteiger partial charge in [0.05, 0.1) is 17.6 Å². The number of hydrogen-bond acceptors (Lipinski definition) is 3. The van der Waals surface area contributed by atoms with Crippen LogP contribution in [0.5, 0.6) is 0 Å². The molecule has 0 saturated carbocycles. The van der Waals surface area contributed by atoms with Crippen molar-refractivity contribution < 1.29 is 4.79 Å². The highest BCUT2D eigenvalue weighted by Gasteiger charge is 2.31. The average molecular weight is 285 g/mol. The van der Waals surface area contributed by atoms with Crippen LogP contribution in [0.4, 0.5) is 0 Å². The number of nitrogens with one attached hydrogen (secondary N) is 1. The van der Waals surface area contributed by atoms with Gasteiger partial charge in [-0.15, -0.1) is 6.58 Å². The monoisotopic (exact) mass is 285 g/mol. The molecule has 1 atom stereocenters. The van der Waals surface area contributed by atoms with Gasteiger partial charge in [-0.3, -0.25) is 9.48 Å². The molecule has 3 rings (SSSR count). The lowest BCUT2D eigenvalue weighted by molar-refractivity contribution is -0.127. The molecule has 2 aromatic heterocycles. The topological polar surface area (TPSA) is 66.8 Å². The summed E-state index contributed by atoms with van der Waals surface area (Å²) in [5, 5.41) is 4.34. The number of H-pyrrole nitrogens is 1. The Kier molecular flexibility index (Phi) is 3.37. The quantitative estimate of drug-likeness (QED) is 0.868. The number of carbonyl (C=O) groups is 1. The molecule has 0 spiro atoms. The molecule has 6 heteroatoms. The zero-order valence-electron chi connectivity index (χ0n) is 12.3. The standard InChI is InChI=1S/C15H19N5O/c1-4-5-20-8-11(6-14(20)21)15-16-7-13(17-15)12-9-19(3)18-10(12)2/h4,7,9,11H,1,5-6,8H2,2-3H3,(H,16,17). The third-order valence-electron chi connectivity index (χ3n) is 3.85. The minimum absolute atomic E-state index is 0.128. The van der Waals surface area contributed by atoms with E-state index in [9.17, 15) is 4.79 Å². The lowest BCUT2D eigenvalue weighted by Gasteiger charge is -2.12. The fourth-order valence-electron chi connectivity index (χ4n) is 2.83. The van der Waals surface area contributed by atoms with Crippen LogP contribution in [0, 0.1) is 6.92 Å². The maximum Gasteiger partial charge on any atom is 0.223 e. The Morgan fingerprint density at radius 3 is 3.05 bits per heavy atom. The van der Waals surface area contributed by atoms with Gasteiger partial charge in [0.2, 0.25) is 5.91 Å². The van der Waals surface area contributed by atoms with Gasteiger partial charge in [0.25, 0.3) is 0 Å². The first-order valence-electron chi connectivity index (χ1n) is 7.02. The van der Waals surface area contributed by atoms with Gasteiger partial charge in [-0.25, -0.2) is 4.98 Å². The molecule has 1 amide bonds. The molecular formula is C15H19N5O. The summed E-state index contributed by atoms with van der Waals surface area (Å²) in [6.07, 6.45) is 6.05. The number of hydrogen-bond donors (Lipinski definition) is 1. The third-order valence-corrected chi connectivity index (χ3v) is 3.85. The number of nitrogens with zero attached hydrogens (tertiary/aromatic N) is 4. The zero-order valence-corrected chi connectivity index (χ0v) is 12.3. The summed E-state index contributed by atoms with van der Waals surface area (Å²) in [6.45, 7) is 6.96. The van der Waals surface area contributed by atoms with Gasteiger partial charge in [0, 0.05) is 44.2 Å². The number of likely N-dealkylation sites (tertiary alicyclic amines) is 1. The van der Waals surface area contributed by atoms with Crippen LogP contribution in [0.25, 0.3) is 11.3 Å². The van der Waals surface area contributed by atoms with Crippen molar-refractivity contribution in [1.29, 1.82) is 0 Å². The van der Waals surface area contributed by atoms with E-state index in [2.05, 4.69) is 21.6 Å². The Morgan fingerprint density at radius 1 is 1.57 bits per heavy atom. The maximum absolute atomic E-state index is 11.9. The van der Waals surface area contributed by atoms with Gasteiger partial charge in [0.1, 0.15) is 5.82 Å². The molecule has 1 fully saturated rings. The Hall–Kier alpha value is -2.37. The number of rotatable bonds is 4. The molecule has 1 aliphatic rings. The highest BCUT2D eigenvalue weighted by Crippen LogP contribution is 2.28. The molecule has 1 aliphatic heterocycles. The Labute approximate surface area is 123 Å². The SMILES string of the molecule is C=CCN1CC(c2ncc(-c3cn(C)nc3C)[nH]2)CC1=O. The van der Waals surface area contributed by atoms with Crippen molar-refractivity contribution in [3.8, 4) is 11.3 Å². The molecule has 21 heavy (non-hydrogen) atoms. The number of aryl methyl sites for hydroxylation is 2. The first-order valence-corrected chi connectivity index (χ1v) is 7.02. The fraction of sp³-hybridized carbons (Fsp3) is 0.400. The molecule has 110 valence electrons. The van der Waals surface area contributed by atoms with Crippen LogP contribution in [0.2, 0.25) is 0 Å². The van der Waals surface area contributed by atoms with Crippen molar-refractivity contribution in [2.45, 2.75) is 19.3 Å². The van der Waals surface area contributed by atoms with E-state index in [1.165, 1.54) is 0 Å². The molecule has 1 N–H and O–H groups in total. The van der Waals surface area contributed by atoms with Crippen LogP contribution in [0.1, 0.15) is 23.9 Å². The van der Waals surface area contributed by atoms with Gasteiger partial charge >= 0.3 is 0 Å². The van der Waals surface area contributed by atoms with Gasteiger partial charge in [0.15, 0.2) is 0 Å². The van der Waals surface area contributed by atoms with E-state index in [1.807, 2.05) is 31.3 Å². The van der Waals surface area contributed by atoms with Crippen molar-refractivity contribution in [3.63, 3.8) is 0 Å². The van der Waals surface area contributed by atoms with E-state index < -0.39 is 0 Å². The first-order chi connectivity index (χ1) is 10.1. The molecule has 1 unspecified atom stereocenters. The van der Waals surface area contributed by atoms with Crippen LogP contribution in [-0.4, -0.2) is 43.6 Å². The second kappa shape index (κ2) is 5.20. The molecule has 0 radical (unpaired) electrons. The van der Waals surface area contributed by atoms with Crippen molar-refractivity contribution in [2.24, 2.45) is 7.05 Å². The second-order valence-corrected chi connectivity index (χ2v) is 5.47. The summed E-state index contributed by atoms with van der Waals surface area (Å²) in [6, 6.07) is 0. The van der Waals surface area contributed by atoms with Crippen LogP contribution < -0.4 is 0 Å². The molecule has 0 bridgehead atoms. The van der Waals surface area contributed by atoms with Crippen LogP contribution in [0.3, 0.4) is 0 Å². The summed E-state index contributed by atoms with van der Waals surface area (Å²) < 4.78 is 1.79. The molecule has 1 saturated heterocycles. The van der Waals surface area contributed by atoms with E-state index >= 15 is 0 Å². The number of aromatic nitrogens is 4. The van der Waals surface area contributed by atoms with Gasteiger partial charge in [-0.1, -0.05) is 6.08 Å². The summed E-state index contributed by atoms with van der Waals surface area (Å²) >= 11 is 0. The van der Waals surface area contributed by atoms with Crippen molar-refractivity contribution >= 4 is 5.91 Å². The van der Waals surface area contributed by atoms with Crippen LogP contribution >= 0.6 is 0 Å². The zero-order chi connectivity index (χ0) is 15.0. The Bertz CT molecular complexity index is 684. The largest absolute Gasteiger partial charge is 0.342 e. The minimum atomic E-state index is 0.128. The lowest BCUT2D eigenvalue weighted by atomic mass is 10.1. The Balaban J connectivity index is 1.81. The van der Waals surface area contributed by atoms with E-state index in [0.29, 0.717) is 19.5 Å². The van der Waals surface area contributed by atoms with E-state index in [-0.39, 0.29) is 11.8 Å². The number of amides is 1. The van der Waals surface area contributed by atoms with Crippen molar-refractivity contribution in [1.82, 2.24) is 24.6 Å². The maximum atomic E-state index is 11.9. The normalized spacial score (nSPS) is 18.5. The number of imidazole rings is 1. The van der Waals surface area contributed by atoms with E-state index in [4.69, 9.17) is 0 Å². The molecule has 2 aromatic rings. The predicted molar refractivity (Wildman–Crippen MR) is 79.7 cm³/mol. The van der Waals surface area contributed by atoms with Gasteiger partial charge < -0.3 is 9.88 Å². The second-order valence-electron chi connectivity index (χ2n) is 5.47. The van der Waals surface area contributed by atoms with Crippen LogP contribution in [-0.2, 0) is 11.8 Å². The average Bonchev–Trinajstić information content (AvgIpc) is 3.10. The summed E-state index contributed by atoms with van der Waals surface area (Å²) in [5.74, 6) is 1.16. The fourth-order valence-corrected chi connectivity index (χ4v) is 2.83. The summed E-state index contributed by atoms with van der Waals surface area (Å²) in [5.41, 5.74) is 2.96. The molecule has 0 aliphatic carbocycles. The molecule has 6 nitrogen and oxygen atoms in total. The van der Waals surface area contributed by atoms with E-state index in [1.54, 1.807) is 10.8 Å². The summed E-state index contributed by atoms with van der Waals surface area (Å²) in [4.78, 5) is 21.5. The van der Waals surface area contributed by atoms with E-state index in [0.717, 1.165) is 22.8 Å². The first kappa shape index (κ1) is 13.6. The third kappa shape index (κ3) is 2.49. The molecular weight excluding hydrogens is 266 g/mol. The number of carbonyl (C=O) groups excluding carboxylic acids is 1. The van der Waals surface area contributed by atoms with Gasteiger partial charge in [-0.2, -0.15) is 5.10 Å². The smallest absolute Gasteiger partial charge is 0.223 e. The predicted octanol–water partition coefficient (Wildman–Crippen LogP) is 1.62. The highest BCUT2D eigenvalue weighted by atomic mass is 16.2. The number of aromatic amines is 1. The molecule has 0 aromatic carbocycles. The van der Waals surface area contributed by atoms with Crippen molar-refractivity contribution in [2.75, 3.05) is 13.1 Å². The Morgan fingerprint density at radius 2 is 2.38 bits per heavy atom. The molecule has 3 heterocycles. The lowest BCUT2D eigenvalue weighted by Crippen LogP contribution is -2.24.